The third kappa shape index (κ3) is 34.0. The molecule has 0 rings (SSSR count). The second-order valence-electron chi connectivity index (χ2n) is 14.2. The van der Waals surface area contributed by atoms with Gasteiger partial charge in [0.25, 0.3) is 6.29 Å². The van der Waals surface area contributed by atoms with E-state index in [9.17, 15) is 19.5 Å². The van der Waals surface area contributed by atoms with Crippen LogP contribution in [0.15, 0.2) is 24.3 Å². The number of quaternary nitrogens is 1. The van der Waals surface area contributed by atoms with Crippen molar-refractivity contribution in [2.45, 2.75) is 167 Å². The summed E-state index contributed by atoms with van der Waals surface area (Å²) < 4.78 is 22.6. The van der Waals surface area contributed by atoms with E-state index in [1.807, 2.05) is 21.1 Å². The SMILES string of the molecule is CCCC/C=C\CCCCCCCC(=O)OCC(COC(OCC[N+](C)(C)C)C(=O)O)OC(=O)CCCCCCC/C=C\CCCCCC. The fourth-order valence-corrected chi connectivity index (χ4v) is 5.04. The first-order valence-electron chi connectivity index (χ1n) is 19.5. The highest BCUT2D eigenvalue weighted by Gasteiger charge is 2.25. The first-order valence-corrected chi connectivity index (χ1v) is 19.5. The van der Waals surface area contributed by atoms with Crippen LogP contribution in [0.3, 0.4) is 0 Å². The summed E-state index contributed by atoms with van der Waals surface area (Å²) in [5, 5.41) is 9.58. The molecule has 286 valence electrons. The summed E-state index contributed by atoms with van der Waals surface area (Å²) in [5.41, 5.74) is 0. The molecule has 0 aliphatic carbocycles. The average Bonchev–Trinajstić information content (AvgIpc) is 3.05. The van der Waals surface area contributed by atoms with Crippen molar-refractivity contribution in [3.8, 4) is 0 Å². The topological polar surface area (TPSA) is 108 Å². The van der Waals surface area contributed by atoms with E-state index in [4.69, 9.17) is 18.9 Å². The number of carbonyl (C=O) groups is 3. The standard InChI is InChI=1S/C40H73NO8/c1-6-8-10-12-14-16-18-19-21-23-25-27-29-31-38(43)49-36(35-48-40(39(44)45)46-33-32-41(3,4)5)34-47-37(42)30-28-26-24-22-20-17-15-13-11-9-7-2/h13,15-16,18,36,40H,6-12,14,17,19-35H2,1-5H3/p+1/b15-13-,18-16-. The Balaban J connectivity index is 4.56. The monoisotopic (exact) mass is 697 g/mol. The van der Waals surface area contributed by atoms with Gasteiger partial charge in [0.15, 0.2) is 6.10 Å². The number of unbranched alkanes of at least 4 members (excludes halogenated alkanes) is 16. The maximum Gasteiger partial charge on any atom is 0.361 e. The maximum atomic E-state index is 12.7. The van der Waals surface area contributed by atoms with E-state index < -0.39 is 24.3 Å². The molecule has 0 aromatic rings. The molecule has 0 aliphatic rings. The third-order valence-corrected chi connectivity index (χ3v) is 8.18. The van der Waals surface area contributed by atoms with Crippen molar-refractivity contribution in [1.29, 1.82) is 0 Å². The Hall–Kier alpha value is -2.23. The number of esters is 2. The van der Waals surface area contributed by atoms with E-state index in [2.05, 4.69) is 38.2 Å². The smallest absolute Gasteiger partial charge is 0.361 e. The van der Waals surface area contributed by atoms with Crippen LogP contribution >= 0.6 is 0 Å². The summed E-state index contributed by atoms with van der Waals surface area (Å²) in [4.78, 5) is 36.8. The lowest BCUT2D eigenvalue weighted by atomic mass is 10.1. The second kappa shape index (κ2) is 32.9. The molecule has 0 radical (unpaired) electrons. The number of aliphatic carboxylic acids is 1. The van der Waals surface area contributed by atoms with Gasteiger partial charge in [0.05, 0.1) is 34.4 Å². The lowest BCUT2D eigenvalue weighted by molar-refractivity contribution is -0.870. The van der Waals surface area contributed by atoms with E-state index in [1.54, 1.807) is 0 Å². The number of ether oxygens (including phenoxy) is 4. The van der Waals surface area contributed by atoms with Gasteiger partial charge in [-0.25, -0.2) is 4.79 Å². The van der Waals surface area contributed by atoms with Crippen molar-refractivity contribution in [1.82, 2.24) is 0 Å². The van der Waals surface area contributed by atoms with Crippen LogP contribution in [-0.2, 0) is 33.3 Å². The molecule has 0 saturated heterocycles. The number of nitrogens with zero attached hydrogens (tertiary/aromatic N) is 1. The Morgan fingerprint density at radius 3 is 1.57 bits per heavy atom. The number of likely N-dealkylation sites (N-methyl/N-ethyl adjacent to an activating group) is 1. The van der Waals surface area contributed by atoms with Gasteiger partial charge in [0.2, 0.25) is 0 Å². The Labute approximate surface area is 299 Å². The van der Waals surface area contributed by atoms with Crippen molar-refractivity contribution in [3.63, 3.8) is 0 Å². The van der Waals surface area contributed by atoms with Crippen LogP contribution in [0.1, 0.15) is 155 Å². The molecule has 0 aromatic carbocycles. The average molecular weight is 697 g/mol. The molecule has 2 atom stereocenters. The molecule has 0 bridgehead atoms. The van der Waals surface area contributed by atoms with Gasteiger partial charge >= 0.3 is 17.9 Å². The summed E-state index contributed by atoms with van der Waals surface area (Å²) in [6.45, 7) is 4.77. The number of carboxylic acids is 1. The molecule has 0 aromatic heterocycles. The molecule has 0 heterocycles. The van der Waals surface area contributed by atoms with Crippen LogP contribution in [0, 0.1) is 0 Å². The first-order chi connectivity index (χ1) is 23.6. The highest BCUT2D eigenvalue weighted by Crippen LogP contribution is 2.12. The third-order valence-electron chi connectivity index (χ3n) is 8.18. The fraction of sp³-hybridized carbons (Fsp3) is 0.825. The molecule has 0 aliphatic heterocycles. The molecule has 1 N–H and O–H groups in total. The van der Waals surface area contributed by atoms with Crippen molar-refractivity contribution in [3.05, 3.63) is 24.3 Å². The minimum atomic E-state index is -1.51. The predicted molar refractivity (Wildman–Crippen MR) is 198 cm³/mol. The molecule has 49 heavy (non-hydrogen) atoms. The van der Waals surface area contributed by atoms with E-state index in [1.165, 1.54) is 44.9 Å². The zero-order valence-corrected chi connectivity index (χ0v) is 32.1. The summed E-state index contributed by atoms with van der Waals surface area (Å²) in [6.07, 6.45) is 29.5. The summed E-state index contributed by atoms with van der Waals surface area (Å²) in [7, 11) is 5.94. The highest BCUT2D eigenvalue weighted by atomic mass is 16.7. The molecule has 0 saturated carbocycles. The first kappa shape index (κ1) is 46.8. The molecule has 0 spiro atoms. The second-order valence-corrected chi connectivity index (χ2v) is 14.2. The Morgan fingerprint density at radius 1 is 0.592 bits per heavy atom. The van der Waals surface area contributed by atoms with Crippen LogP contribution in [0.2, 0.25) is 0 Å². The number of hydrogen-bond acceptors (Lipinski definition) is 7. The Bertz CT molecular complexity index is 867. The Morgan fingerprint density at radius 2 is 1.06 bits per heavy atom. The Kier molecular flexibility index (Phi) is 31.4. The molecular weight excluding hydrogens is 622 g/mol. The van der Waals surface area contributed by atoms with Crippen LogP contribution in [0.4, 0.5) is 0 Å². The van der Waals surface area contributed by atoms with Crippen molar-refractivity contribution in [2.24, 2.45) is 0 Å². The van der Waals surface area contributed by atoms with Crippen LogP contribution in [0.5, 0.6) is 0 Å². The number of carboxylic acid groups (broad SMARTS) is 1. The minimum absolute atomic E-state index is 0.185. The predicted octanol–water partition coefficient (Wildman–Crippen LogP) is 9.33. The van der Waals surface area contributed by atoms with Crippen molar-refractivity contribution in [2.75, 3.05) is 47.5 Å². The van der Waals surface area contributed by atoms with Crippen molar-refractivity contribution < 1.29 is 42.9 Å². The molecule has 2 unspecified atom stereocenters. The minimum Gasteiger partial charge on any atom is -0.477 e. The number of hydrogen-bond donors (Lipinski definition) is 1. The van der Waals surface area contributed by atoms with E-state index in [0.29, 0.717) is 23.9 Å². The number of allylic oxidation sites excluding steroid dienone is 4. The van der Waals surface area contributed by atoms with Gasteiger partial charge in [-0.15, -0.1) is 0 Å². The summed E-state index contributed by atoms with van der Waals surface area (Å²) in [5.74, 6) is -2.03. The van der Waals surface area contributed by atoms with Gasteiger partial charge < -0.3 is 28.5 Å². The molecule has 0 amide bonds. The zero-order valence-electron chi connectivity index (χ0n) is 32.1. The van der Waals surface area contributed by atoms with Crippen LogP contribution in [-0.4, -0.2) is 87.4 Å². The lowest BCUT2D eigenvalue weighted by Gasteiger charge is -2.25. The van der Waals surface area contributed by atoms with Crippen molar-refractivity contribution >= 4 is 17.9 Å². The molecular formula is C40H74NO8+. The summed E-state index contributed by atoms with van der Waals surface area (Å²) in [6, 6.07) is 0. The lowest BCUT2D eigenvalue weighted by Crippen LogP contribution is -2.40. The maximum absolute atomic E-state index is 12.7. The van der Waals surface area contributed by atoms with Gasteiger partial charge in [-0.2, -0.15) is 0 Å². The van der Waals surface area contributed by atoms with E-state index in [-0.39, 0.29) is 32.2 Å². The number of carbonyl (C=O) groups excluding carboxylic acids is 2. The summed E-state index contributed by atoms with van der Waals surface area (Å²) >= 11 is 0. The largest absolute Gasteiger partial charge is 0.477 e. The highest BCUT2D eigenvalue weighted by molar-refractivity contribution is 5.71. The van der Waals surface area contributed by atoms with Gasteiger partial charge in [-0.1, -0.05) is 109 Å². The van der Waals surface area contributed by atoms with Crippen LogP contribution < -0.4 is 0 Å². The van der Waals surface area contributed by atoms with Gasteiger partial charge in [-0.3, -0.25) is 9.59 Å². The van der Waals surface area contributed by atoms with E-state index >= 15 is 0 Å². The fourth-order valence-electron chi connectivity index (χ4n) is 5.04. The molecule has 0 fully saturated rings. The quantitative estimate of drug-likeness (QED) is 0.0230. The van der Waals surface area contributed by atoms with E-state index in [0.717, 1.165) is 77.0 Å². The molecule has 9 nitrogen and oxygen atoms in total. The normalized spacial score (nSPS) is 13.2. The van der Waals surface area contributed by atoms with Gasteiger partial charge in [0, 0.05) is 12.8 Å². The van der Waals surface area contributed by atoms with Gasteiger partial charge in [0.1, 0.15) is 13.2 Å². The molecule has 9 heteroatoms. The van der Waals surface area contributed by atoms with Gasteiger partial charge in [-0.05, 0) is 57.8 Å². The van der Waals surface area contributed by atoms with Crippen LogP contribution in [0.25, 0.3) is 0 Å². The zero-order chi connectivity index (χ0) is 36.4. The number of rotatable bonds is 35.